The molecule has 4 rings (SSSR count). The number of carbonyl (C=O) groups excluding carboxylic acids is 1. The second kappa shape index (κ2) is 6.70. The van der Waals surface area contributed by atoms with Crippen molar-refractivity contribution in [2.45, 2.75) is 32.9 Å². The summed E-state index contributed by atoms with van der Waals surface area (Å²) in [7, 11) is -3.02. The lowest BCUT2D eigenvalue weighted by molar-refractivity contribution is 0.0970. The largest absolute Gasteiger partial charge is 0.344 e. The molecule has 0 spiro atoms. The number of rotatable bonds is 4. The molecule has 0 saturated carbocycles. The summed E-state index contributed by atoms with van der Waals surface area (Å²) >= 11 is 0. The van der Waals surface area contributed by atoms with Gasteiger partial charge in [-0.1, -0.05) is 12.1 Å². The van der Waals surface area contributed by atoms with Crippen molar-refractivity contribution in [2.75, 3.05) is 11.5 Å². The Labute approximate surface area is 162 Å². The number of aromatic nitrogens is 3. The number of hydrogen-bond donors (Lipinski definition) is 0. The first-order chi connectivity index (χ1) is 13.3. The summed E-state index contributed by atoms with van der Waals surface area (Å²) in [5.74, 6) is 0.0840. The minimum atomic E-state index is -3.02. The van der Waals surface area contributed by atoms with Gasteiger partial charge in [-0.05, 0) is 38.5 Å². The van der Waals surface area contributed by atoms with E-state index in [1.807, 2.05) is 24.5 Å². The molecule has 1 fully saturated rings. The number of fused-ring (bicyclic) bond motifs is 1. The second-order valence-electron chi connectivity index (χ2n) is 7.33. The second-order valence-corrected chi connectivity index (χ2v) is 9.56. The summed E-state index contributed by atoms with van der Waals surface area (Å²) < 4.78 is 26.9. The van der Waals surface area contributed by atoms with Crippen molar-refractivity contribution < 1.29 is 13.2 Å². The van der Waals surface area contributed by atoms with Crippen molar-refractivity contribution in [3.63, 3.8) is 0 Å². The van der Waals surface area contributed by atoms with Crippen LogP contribution in [0, 0.1) is 13.8 Å². The van der Waals surface area contributed by atoms with Crippen LogP contribution in [-0.2, 0) is 16.4 Å². The van der Waals surface area contributed by atoms with E-state index in [4.69, 9.17) is 0 Å². The highest BCUT2D eigenvalue weighted by Gasteiger charge is 2.31. The predicted molar refractivity (Wildman–Crippen MR) is 107 cm³/mol. The molecule has 0 amide bonds. The molecule has 146 valence electrons. The summed E-state index contributed by atoms with van der Waals surface area (Å²) in [6.07, 6.45) is 1.95. The smallest absolute Gasteiger partial charge is 0.261 e. The Balaban J connectivity index is 1.66. The highest BCUT2D eigenvalue weighted by Crippen LogP contribution is 2.29. The summed E-state index contributed by atoms with van der Waals surface area (Å²) in [6, 6.07) is 8.66. The monoisotopic (exact) mass is 399 g/mol. The molecular weight excluding hydrogens is 378 g/mol. The minimum Gasteiger partial charge on any atom is -0.344 e. The van der Waals surface area contributed by atoms with Gasteiger partial charge in [-0.2, -0.15) is 0 Å². The molecule has 0 aliphatic carbocycles. The van der Waals surface area contributed by atoms with Gasteiger partial charge in [-0.15, -0.1) is 0 Å². The van der Waals surface area contributed by atoms with Crippen molar-refractivity contribution >= 4 is 26.5 Å². The zero-order valence-corrected chi connectivity index (χ0v) is 16.6. The SMILES string of the molecule is Cc1cc(C(=O)Cn2cnc3ccccc3c2=O)c(C)n1C1CCS(=O)(=O)C1. The van der Waals surface area contributed by atoms with Crippen molar-refractivity contribution in [1.29, 1.82) is 0 Å². The third kappa shape index (κ3) is 3.17. The van der Waals surface area contributed by atoms with Crippen LogP contribution >= 0.6 is 0 Å². The molecule has 2 aromatic heterocycles. The first-order valence-electron chi connectivity index (χ1n) is 9.13. The molecule has 7 nitrogen and oxygen atoms in total. The number of aryl methyl sites for hydroxylation is 1. The van der Waals surface area contributed by atoms with E-state index in [1.54, 1.807) is 24.3 Å². The van der Waals surface area contributed by atoms with E-state index in [2.05, 4.69) is 4.98 Å². The maximum Gasteiger partial charge on any atom is 0.261 e. The number of nitrogens with zero attached hydrogens (tertiary/aromatic N) is 3. The van der Waals surface area contributed by atoms with Crippen LogP contribution in [0.1, 0.15) is 34.2 Å². The van der Waals surface area contributed by atoms with E-state index in [1.165, 1.54) is 10.9 Å². The van der Waals surface area contributed by atoms with Crippen LogP contribution in [-0.4, -0.2) is 39.8 Å². The maximum atomic E-state index is 12.9. The van der Waals surface area contributed by atoms with Gasteiger partial charge in [0.1, 0.15) is 0 Å². The molecular formula is C20H21N3O4S. The molecule has 1 aliphatic heterocycles. The van der Waals surface area contributed by atoms with Gasteiger partial charge in [-0.25, -0.2) is 13.4 Å². The highest BCUT2D eigenvalue weighted by atomic mass is 32.2. The zero-order chi connectivity index (χ0) is 20.1. The van der Waals surface area contributed by atoms with Crippen molar-refractivity contribution in [3.8, 4) is 0 Å². The average molecular weight is 399 g/mol. The molecule has 0 N–H and O–H groups in total. The molecule has 28 heavy (non-hydrogen) atoms. The van der Waals surface area contributed by atoms with Crippen LogP contribution < -0.4 is 5.56 Å². The van der Waals surface area contributed by atoms with Gasteiger partial charge in [-0.3, -0.25) is 14.2 Å². The van der Waals surface area contributed by atoms with Crippen LogP contribution in [0.5, 0.6) is 0 Å². The number of ketones is 1. The van der Waals surface area contributed by atoms with E-state index in [0.29, 0.717) is 22.9 Å². The highest BCUT2D eigenvalue weighted by molar-refractivity contribution is 7.91. The number of para-hydroxylation sites is 1. The van der Waals surface area contributed by atoms with Crippen molar-refractivity contribution in [2.24, 2.45) is 0 Å². The summed E-state index contributed by atoms with van der Waals surface area (Å²) in [5.41, 5.74) is 2.45. The molecule has 1 atom stereocenters. The first kappa shape index (κ1) is 18.6. The predicted octanol–water partition coefficient (Wildman–Crippen LogP) is 2.06. The van der Waals surface area contributed by atoms with Gasteiger partial charge in [0.15, 0.2) is 15.6 Å². The fourth-order valence-electron chi connectivity index (χ4n) is 4.06. The lowest BCUT2D eigenvalue weighted by Gasteiger charge is -2.16. The summed E-state index contributed by atoms with van der Waals surface area (Å²) in [5, 5.41) is 0.472. The fourth-order valence-corrected chi connectivity index (χ4v) is 5.76. The molecule has 3 aromatic rings. The first-order valence-corrected chi connectivity index (χ1v) is 11.0. The Hall–Kier alpha value is -2.74. The molecule has 1 aliphatic rings. The van der Waals surface area contributed by atoms with Gasteiger partial charge >= 0.3 is 0 Å². The van der Waals surface area contributed by atoms with Crippen molar-refractivity contribution in [1.82, 2.24) is 14.1 Å². The van der Waals surface area contributed by atoms with E-state index < -0.39 is 9.84 Å². The quantitative estimate of drug-likeness (QED) is 0.626. The maximum absolute atomic E-state index is 12.9. The fraction of sp³-hybridized carbons (Fsp3) is 0.350. The van der Waals surface area contributed by atoms with Gasteiger partial charge in [0.25, 0.3) is 5.56 Å². The van der Waals surface area contributed by atoms with Crippen LogP contribution in [0.15, 0.2) is 41.5 Å². The normalized spacial score (nSPS) is 18.6. The number of sulfone groups is 1. The number of benzene rings is 1. The summed E-state index contributed by atoms with van der Waals surface area (Å²) in [4.78, 5) is 29.8. The number of Topliss-reactive ketones (excluding diaryl/α,β-unsaturated/α-hetero) is 1. The summed E-state index contributed by atoms with van der Waals surface area (Å²) in [6.45, 7) is 3.59. The Morgan fingerprint density at radius 2 is 2.00 bits per heavy atom. The lowest BCUT2D eigenvalue weighted by atomic mass is 10.1. The zero-order valence-electron chi connectivity index (χ0n) is 15.8. The van der Waals surface area contributed by atoms with Crippen LogP contribution in [0.3, 0.4) is 0 Å². The molecule has 1 saturated heterocycles. The molecule has 1 aromatic carbocycles. The molecule has 0 radical (unpaired) electrons. The molecule has 0 bridgehead atoms. The minimum absolute atomic E-state index is 0.102. The average Bonchev–Trinajstić information content (AvgIpc) is 3.15. The van der Waals surface area contributed by atoms with Crippen LogP contribution in [0.2, 0.25) is 0 Å². The Morgan fingerprint density at radius 3 is 2.71 bits per heavy atom. The molecule has 8 heteroatoms. The Morgan fingerprint density at radius 1 is 1.25 bits per heavy atom. The number of hydrogen-bond acceptors (Lipinski definition) is 5. The van der Waals surface area contributed by atoms with Gasteiger partial charge in [0.2, 0.25) is 0 Å². The number of carbonyl (C=O) groups is 1. The van der Waals surface area contributed by atoms with Crippen molar-refractivity contribution in [3.05, 3.63) is 64.0 Å². The van der Waals surface area contributed by atoms with Gasteiger partial charge < -0.3 is 4.57 Å². The molecule has 3 heterocycles. The third-order valence-electron chi connectivity index (χ3n) is 5.40. The van der Waals surface area contributed by atoms with E-state index >= 15 is 0 Å². The van der Waals surface area contributed by atoms with E-state index in [0.717, 1.165) is 11.4 Å². The van der Waals surface area contributed by atoms with E-state index in [-0.39, 0.29) is 35.4 Å². The van der Waals surface area contributed by atoms with Crippen LogP contribution in [0.4, 0.5) is 0 Å². The standard InChI is InChI=1S/C20H21N3O4S/c1-13-9-17(14(2)23(13)15-7-8-28(26,27)11-15)19(24)10-22-12-21-18-6-4-3-5-16(18)20(22)25/h3-6,9,12,15H,7-8,10-11H2,1-2H3. The Kier molecular flexibility index (Phi) is 4.45. The lowest BCUT2D eigenvalue weighted by Crippen LogP contribution is -2.25. The molecule has 1 unspecified atom stereocenters. The van der Waals surface area contributed by atoms with Crippen LogP contribution in [0.25, 0.3) is 10.9 Å². The third-order valence-corrected chi connectivity index (χ3v) is 7.15. The van der Waals surface area contributed by atoms with E-state index in [9.17, 15) is 18.0 Å². The Bertz CT molecular complexity index is 1250. The van der Waals surface area contributed by atoms with Gasteiger partial charge in [0, 0.05) is 23.0 Å². The topological polar surface area (TPSA) is 91.0 Å². The van der Waals surface area contributed by atoms with Gasteiger partial charge in [0.05, 0.1) is 35.3 Å².